The van der Waals surface area contributed by atoms with Gasteiger partial charge in [-0.3, -0.25) is 5.10 Å². The van der Waals surface area contributed by atoms with E-state index in [1.54, 1.807) is 6.20 Å². The van der Waals surface area contributed by atoms with Crippen molar-refractivity contribution in [2.45, 2.75) is 26.3 Å². The zero-order valence-corrected chi connectivity index (χ0v) is 11.7. The highest BCUT2D eigenvalue weighted by Gasteiger charge is 2.22. The van der Waals surface area contributed by atoms with Gasteiger partial charge < -0.3 is 10.7 Å². The Hall–Kier alpha value is -2.64. The minimum Gasteiger partial charge on any atom is -0.351 e. The Kier molecular flexibility index (Phi) is 2.56. The maximum atomic E-state index is 5.77. The van der Waals surface area contributed by atoms with Crippen LogP contribution in [0.3, 0.4) is 0 Å². The SMILES string of the molecule is Cc1[nH]nc2c1CN(c1ncnc3c1cnn3N)CCC2. The molecule has 0 radical (unpaired) electrons. The van der Waals surface area contributed by atoms with Gasteiger partial charge in [0.1, 0.15) is 12.1 Å². The molecule has 0 atom stereocenters. The number of nitrogens with zero attached hydrogens (tertiary/aromatic N) is 6. The molecule has 0 unspecified atom stereocenters. The first-order valence-electron chi connectivity index (χ1n) is 6.95. The molecule has 0 spiro atoms. The minimum atomic E-state index is 0.647. The Labute approximate surface area is 121 Å². The highest BCUT2D eigenvalue weighted by molar-refractivity contribution is 5.86. The fourth-order valence-corrected chi connectivity index (χ4v) is 2.91. The van der Waals surface area contributed by atoms with Crippen LogP contribution in [0.5, 0.6) is 0 Å². The molecule has 0 bridgehead atoms. The van der Waals surface area contributed by atoms with E-state index < -0.39 is 0 Å². The summed E-state index contributed by atoms with van der Waals surface area (Å²) in [5.41, 5.74) is 4.19. The first-order valence-corrected chi connectivity index (χ1v) is 6.95. The molecule has 0 aromatic carbocycles. The van der Waals surface area contributed by atoms with Gasteiger partial charge in [0.15, 0.2) is 5.65 Å². The Morgan fingerprint density at radius 2 is 2.24 bits per heavy atom. The summed E-state index contributed by atoms with van der Waals surface area (Å²) in [5, 5.41) is 12.4. The van der Waals surface area contributed by atoms with Gasteiger partial charge in [0.2, 0.25) is 0 Å². The zero-order chi connectivity index (χ0) is 14.4. The summed E-state index contributed by atoms with van der Waals surface area (Å²) in [6.45, 7) is 3.78. The van der Waals surface area contributed by atoms with Gasteiger partial charge in [-0.05, 0) is 19.8 Å². The first kappa shape index (κ1) is 12.1. The van der Waals surface area contributed by atoms with E-state index in [2.05, 4.69) is 37.1 Å². The van der Waals surface area contributed by atoms with Gasteiger partial charge in [-0.1, -0.05) is 0 Å². The lowest BCUT2D eigenvalue weighted by atomic mass is 10.1. The number of H-pyrrole nitrogens is 1. The van der Waals surface area contributed by atoms with Crippen LogP contribution in [0.2, 0.25) is 0 Å². The molecular formula is C13H16N8. The van der Waals surface area contributed by atoms with Gasteiger partial charge in [-0.2, -0.15) is 15.0 Å². The van der Waals surface area contributed by atoms with Crippen molar-refractivity contribution in [3.63, 3.8) is 0 Å². The molecule has 0 fully saturated rings. The van der Waals surface area contributed by atoms with Crippen LogP contribution in [0.1, 0.15) is 23.4 Å². The number of hydrogen-bond donors (Lipinski definition) is 2. The highest BCUT2D eigenvalue weighted by atomic mass is 15.5. The Bertz CT molecular complexity index is 802. The Balaban J connectivity index is 1.80. The van der Waals surface area contributed by atoms with Gasteiger partial charge in [0, 0.05) is 24.3 Å². The van der Waals surface area contributed by atoms with Crippen LogP contribution in [-0.4, -0.2) is 36.6 Å². The van der Waals surface area contributed by atoms with Crippen LogP contribution in [0.25, 0.3) is 11.0 Å². The predicted octanol–water partition coefficient (Wildman–Crippen LogP) is 0.524. The van der Waals surface area contributed by atoms with Crippen molar-refractivity contribution in [3.05, 3.63) is 29.5 Å². The fourth-order valence-electron chi connectivity index (χ4n) is 2.91. The van der Waals surface area contributed by atoms with E-state index in [1.807, 2.05) is 0 Å². The molecule has 8 nitrogen and oxygen atoms in total. The second kappa shape index (κ2) is 4.44. The third kappa shape index (κ3) is 1.83. The standard InChI is InChI=1S/C13H16N8/c1-8-10-6-20(4-2-3-11(10)19-18-8)12-9-5-17-21(14)13(9)16-7-15-12/h5,7H,2-4,6,14H2,1H3,(H,18,19). The number of hydrogen-bond acceptors (Lipinski definition) is 6. The first-order chi connectivity index (χ1) is 10.2. The van der Waals surface area contributed by atoms with E-state index in [0.717, 1.165) is 48.5 Å². The average Bonchev–Trinajstić information content (AvgIpc) is 2.95. The molecule has 4 heterocycles. The normalized spacial score (nSPS) is 15.2. The Morgan fingerprint density at radius 3 is 3.14 bits per heavy atom. The zero-order valence-electron chi connectivity index (χ0n) is 11.7. The van der Waals surface area contributed by atoms with Crippen molar-refractivity contribution in [3.8, 4) is 0 Å². The van der Waals surface area contributed by atoms with Crippen LogP contribution in [-0.2, 0) is 13.0 Å². The molecule has 3 N–H and O–H groups in total. The van der Waals surface area contributed by atoms with Crippen molar-refractivity contribution in [2.75, 3.05) is 17.3 Å². The summed E-state index contributed by atoms with van der Waals surface area (Å²) >= 11 is 0. The number of nitrogens with two attached hydrogens (primary N) is 1. The third-order valence-corrected chi connectivity index (χ3v) is 4.02. The summed E-state index contributed by atoms with van der Waals surface area (Å²) in [6.07, 6.45) is 5.29. The number of nitrogen functional groups attached to an aromatic ring is 1. The molecular weight excluding hydrogens is 268 g/mol. The number of aryl methyl sites for hydroxylation is 2. The number of nitrogens with one attached hydrogen (secondary N) is 1. The van der Waals surface area contributed by atoms with Crippen LogP contribution in [0, 0.1) is 6.92 Å². The van der Waals surface area contributed by atoms with Crippen molar-refractivity contribution >= 4 is 16.9 Å². The molecule has 0 amide bonds. The van der Waals surface area contributed by atoms with Gasteiger partial charge >= 0.3 is 0 Å². The molecule has 108 valence electrons. The molecule has 1 aliphatic heterocycles. The summed E-state index contributed by atoms with van der Waals surface area (Å²) < 4.78 is 0. The molecule has 3 aromatic rings. The van der Waals surface area contributed by atoms with E-state index in [4.69, 9.17) is 5.84 Å². The summed E-state index contributed by atoms with van der Waals surface area (Å²) in [4.78, 5) is 12.2. The lowest BCUT2D eigenvalue weighted by Gasteiger charge is -2.22. The molecule has 21 heavy (non-hydrogen) atoms. The summed E-state index contributed by atoms with van der Waals surface area (Å²) in [7, 11) is 0. The van der Waals surface area contributed by atoms with Crippen LogP contribution < -0.4 is 10.7 Å². The van der Waals surface area contributed by atoms with Gasteiger partial charge in [0.05, 0.1) is 17.3 Å². The van der Waals surface area contributed by atoms with E-state index >= 15 is 0 Å². The number of rotatable bonds is 1. The molecule has 0 saturated heterocycles. The fraction of sp³-hybridized carbons (Fsp3) is 0.385. The van der Waals surface area contributed by atoms with E-state index in [-0.39, 0.29) is 0 Å². The smallest absolute Gasteiger partial charge is 0.185 e. The minimum absolute atomic E-state index is 0.647. The predicted molar refractivity (Wildman–Crippen MR) is 78.2 cm³/mol. The average molecular weight is 284 g/mol. The van der Waals surface area contributed by atoms with E-state index in [9.17, 15) is 0 Å². The molecule has 4 rings (SSSR count). The topological polar surface area (TPSA) is 102 Å². The Morgan fingerprint density at radius 1 is 1.33 bits per heavy atom. The van der Waals surface area contributed by atoms with Crippen molar-refractivity contribution < 1.29 is 0 Å². The number of anilines is 1. The van der Waals surface area contributed by atoms with Gasteiger partial charge in [-0.25, -0.2) is 9.97 Å². The second-order valence-corrected chi connectivity index (χ2v) is 5.32. The molecule has 8 heteroatoms. The molecule has 0 aliphatic carbocycles. The van der Waals surface area contributed by atoms with Crippen molar-refractivity contribution in [1.82, 2.24) is 30.1 Å². The summed E-state index contributed by atoms with van der Waals surface area (Å²) in [5.74, 6) is 6.65. The van der Waals surface area contributed by atoms with Crippen LogP contribution in [0.15, 0.2) is 12.5 Å². The number of aromatic nitrogens is 6. The second-order valence-electron chi connectivity index (χ2n) is 5.32. The highest BCUT2D eigenvalue weighted by Crippen LogP contribution is 2.27. The third-order valence-electron chi connectivity index (χ3n) is 4.02. The lowest BCUT2D eigenvalue weighted by Crippen LogP contribution is -2.24. The quantitative estimate of drug-likeness (QED) is 0.632. The summed E-state index contributed by atoms with van der Waals surface area (Å²) in [6, 6.07) is 0. The number of fused-ring (bicyclic) bond motifs is 2. The number of aromatic amines is 1. The van der Waals surface area contributed by atoms with Crippen molar-refractivity contribution in [2.24, 2.45) is 0 Å². The maximum Gasteiger partial charge on any atom is 0.185 e. The molecule has 1 aliphatic rings. The monoisotopic (exact) mass is 284 g/mol. The van der Waals surface area contributed by atoms with E-state index in [1.165, 1.54) is 16.7 Å². The van der Waals surface area contributed by atoms with Crippen molar-refractivity contribution in [1.29, 1.82) is 0 Å². The van der Waals surface area contributed by atoms with E-state index in [0.29, 0.717) is 5.65 Å². The largest absolute Gasteiger partial charge is 0.351 e. The van der Waals surface area contributed by atoms with Gasteiger partial charge in [-0.15, -0.1) is 0 Å². The maximum absolute atomic E-state index is 5.77. The van der Waals surface area contributed by atoms with Crippen LogP contribution >= 0.6 is 0 Å². The van der Waals surface area contributed by atoms with Gasteiger partial charge in [0.25, 0.3) is 0 Å². The molecule has 3 aromatic heterocycles. The van der Waals surface area contributed by atoms with Crippen LogP contribution in [0.4, 0.5) is 5.82 Å². The lowest BCUT2D eigenvalue weighted by molar-refractivity contribution is 0.743. The molecule has 0 saturated carbocycles.